The fraction of sp³-hybridized carbons (Fsp3) is 0.467. The fourth-order valence-corrected chi connectivity index (χ4v) is 2.73. The molecule has 0 saturated heterocycles. The molecule has 0 amide bonds. The summed E-state index contributed by atoms with van der Waals surface area (Å²) >= 11 is 0. The van der Waals surface area contributed by atoms with E-state index in [0.29, 0.717) is 25.1 Å². The maximum atomic E-state index is 11.8. The second kappa shape index (κ2) is 8.67. The van der Waals surface area contributed by atoms with Gasteiger partial charge in [-0.25, -0.2) is 0 Å². The third kappa shape index (κ3) is 6.17. The average Bonchev–Trinajstić information content (AvgIpc) is 2.46. The van der Waals surface area contributed by atoms with Crippen molar-refractivity contribution >= 4 is 15.9 Å². The van der Waals surface area contributed by atoms with E-state index >= 15 is 0 Å². The Morgan fingerprint density at radius 2 is 2.05 bits per heavy atom. The molecule has 0 saturated carbocycles. The van der Waals surface area contributed by atoms with Gasteiger partial charge in [0.05, 0.1) is 12.3 Å². The van der Waals surface area contributed by atoms with Crippen molar-refractivity contribution in [1.82, 2.24) is 4.72 Å². The van der Waals surface area contributed by atoms with E-state index < -0.39 is 10.2 Å². The first-order chi connectivity index (χ1) is 10.0. The van der Waals surface area contributed by atoms with E-state index in [4.69, 9.17) is 5.11 Å². The Morgan fingerprint density at radius 1 is 1.29 bits per heavy atom. The first kappa shape index (κ1) is 17.5. The molecule has 6 heteroatoms. The Kier molecular flexibility index (Phi) is 7.23. The van der Waals surface area contributed by atoms with E-state index in [0.717, 1.165) is 17.5 Å². The van der Waals surface area contributed by atoms with E-state index in [1.807, 2.05) is 19.9 Å². The predicted octanol–water partition coefficient (Wildman–Crippen LogP) is 1.64. The third-order valence-corrected chi connectivity index (χ3v) is 3.81. The van der Waals surface area contributed by atoms with Crippen molar-refractivity contribution in [2.24, 2.45) is 0 Å². The zero-order valence-corrected chi connectivity index (χ0v) is 13.3. The molecule has 0 bridgehead atoms. The summed E-state index contributed by atoms with van der Waals surface area (Å²) in [6.07, 6.45) is 1.86. The highest BCUT2D eigenvalue weighted by atomic mass is 32.2. The molecule has 0 heterocycles. The number of aliphatic hydroxyl groups excluding tert-OH is 1. The monoisotopic (exact) mass is 310 g/mol. The van der Waals surface area contributed by atoms with Crippen molar-refractivity contribution in [3.63, 3.8) is 0 Å². The molecule has 21 heavy (non-hydrogen) atoms. The molecule has 0 unspecified atom stereocenters. The van der Waals surface area contributed by atoms with Gasteiger partial charge in [0.25, 0.3) is 10.2 Å². The lowest BCUT2D eigenvalue weighted by Crippen LogP contribution is -2.31. The summed E-state index contributed by atoms with van der Waals surface area (Å²) in [6, 6.07) is 5.34. The van der Waals surface area contributed by atoms with Gasteiger partial charge in [0.15, 0.2) is 0 Å². The van der Waals surface area contributed by atoms with Gasteiger partial charge in [0.1, 0.15) is 0 Å². The standard InChI is InChI=1S/C15H22N2O3S/c1-3-10-16-21(19,20)17-15-9-8-13(7-5-6-11-18)12-14(15)4-2/h8-9,12,16-18H,3-4,6,10-11H2,1-2H3. The number of nitrogens with one attached hydrogen (secondary N) is 2. The number of rotatable bonds is 7. The van der Waals surface area contributed by atoms with Crippen LogP contribution in [-0.4, -0.2) is 26.7 Å². The average molecular weight is 310 g/mol. The van der Waals surface area contributed by atoms with Gasteiger partial charge in [0.2, 0.25) is 0 Å². The largest absolute Gasteiger partial charge is 0.395 e. The van der Waals surface area contributed by atoms with Crippen LogP contribution in [0.15, 0.2) is 18.2 Å². The Hall–Kier alpha value is -1.55. The second-order valence-corrected chi connectivity index (χ2v) is 6.00. The molecule has 0 radical (unpaired) electrons. The molecule has 1 aromatic carbocycles. The SMILES string of the molecule is CCCNS(=O)(=O)Nc1ccc(C#CCCO)cc1CC. The molecule has 116 valence electrons. The molecular weight excluding hydrogens is 288 g/mol. The van der Waals surface area contributed by atoms with E-state index in [2.05, 4.69) is 21.3 Å². The van der Waals surface area contributed by atoms with Gasteiger partial charge >= 0.3 is 0 Å². The predicted molar refractivity (Wildman–Crippen MR) is 85.2 cm³/mol. The van der Waals surface area contributed by atoms with Crippen molar-refractivity contribution in [3.05, 3.63) is 29.3 Å². The Balaban J connectivity index is 2.92. The summed E-state index contributed by atoms with van der Waals surface area (Å²) in [7, 11) is -3.53. The summed E-state index contributed by atoms with van der Waals surface area (Å²) in [5.41, 5.74) is 2.26. The summed E-state index contributed by atoms with van der Waals surface area (Å²) in [4.78, 5) is 0. The topological polar surface area (TPSA) is 78.4 Å². The number of benzene rings is 1. The van der Waals surface area contributed by atoms with Crippen LogP contribution in [0.4, 0.5) is 5.69 Å². The van der Waals surface area contributed by atoms with Crippen LogP contribution in [0.5, 0.6) is 0 Å². The van der Waals surface area contributed by atoms with Crippen LogP contribution in [0, 0.1) is 11.8 Å². The summed E-state index contributed by atoms with van der Waals surface area (Å²) in [5.74, 6) is 5.79. The lowest BCUT2D eigenvalue weighted by molar-refractivity contribution is 0.305. The maximum absolute atomic E-state index is 11.8. The van der Waals surface area contributed by atoms with Crippen LogP contribution in [0.2, 0.25) is 0 Å². The Morgan fingerprint density at radius 3 is 2.67 bits per heavy atom. The fourth-order valence-electron chi connectivity index (χ4n) is 1.70. The quantitative estimate of drug-likeness (QED) is 0.670. The van der Waals surface area contributed by atoms with Crippen molar-refractivity contribution in [3.8, 4) is 11.8 Å². The molecule has 1 rings (SSSR count). The van der Waals surface area contributed by atoms with Gasteiger partial charge < -0.3 is 5.11 Å². The Bertz CT molecular complexity index is 616. The second-order valence-electron chi connectivity index (χ2n) is 4.50. The minimum absolute atomic E-state index is 0.0363. The van der Waals surface area contributed by atoms with Crippen LogP contribution in [0.1, 0.15) is 37.8 Å². The summed E-state index contributed by atoms with van der Waals surface area (Å²) in [5, 5.41) is 8.70. The number of hydrogen-bond acceptors (Lipinski definition) is 3. The zero-order chi connectivity index (χ0) is 15.7. The van der Waals surface area contributed by atoms with Crippen LogP contribution in [0.25, 0.3) is 0 Å². The first-order valence-electron chi connectivity index (χ1n) is 7.02. The lowest BCUT2D eigenvalue weighted by atomic mass is 10.1. The van der Waals surface area contributed by atoms with Gasteiger partial charge in [-0.05, 0) is 36.6 Å². The van der Waals surface area contributed by atoms with Crippen molar-refractivity contribution in [1.29, 1.82) is 0 Å². The van der Waals surface area contributed by atoms with Gasteiger partial charge in [-0.3, -0.25) is 4.72 Å². The van der Waals surface area contributed by atoms with Crippen LogP contribution in [-0.2, 0) is 16.6 Å². The van der Waals surface area contributed by atoms with Crippen LogP contribution >= 0.6 is 0 Å². The minimum atomic E-state index is -3.53. The van der Waals surface area contributed by atoms with E-state index in [-0.39, 0.29) is 6.61 Å². The molecule has 0 fully saturated rings. The Labute approximate surface area is 127 Å². The molecule has 0 aliphatic carbocycles. The molecule has 3 N–H and O–H groups in total. The molecule has 0 aromatic heterocycles. The van der Waals surface area contributed by atoms with Crippen LogP contribution in [0.3, 0.4) is 0 Å². The summed E-state index contributed by atoms with van der Waals surface area (Å²) in [6.45, 7) is 4.30. The van der Waals surface area contributed by atoms with Gasteiger partial charge in [0, 0.05) is 18.5 Å². The normalized spacial score (nSPS) is 10.8. The van der Waals surface area contributed by atoms with Gasteiger partial charge in [-0.1, -0.05) is 25.7 Å². The third-order valence-electron chi connectivity index (χ3n) is 2.74. The van der Waals surface area contributed by atoms with E-state index in [9.17, 15) is 8.42 Å². The maximum Gasteiger partial charge on any atom is 0.299 e. The van der Waals surface area contributed by atoms with Gasteiger partial charge in [-0.2, -0.15) is 13.1 Å². The van der Waals surface area contributed by atoms with Crippen molar-refractivity contribution in [2.45, 2.75) is 33.1 Å². The number of hydrogen-bond donors (Lipinski definition) is 3. The minimum Gasteiger partial charge on any atom is -0.395 e. The molecule has 1 aromatic rings. The highest BCUT2D eigenvalue weighted by Crippen LogP contribution is 2.19. The lowest BCUT2D eigenvalue weighted by Gasteiger charge is -2.12. The first-order valence-corrected chi connectivity index (χ1v) is 8.50. The molecule has 0 aliphatic heterocycles. The number of aliphatic hydroxyl groups is 1. The highest BCUT2D eigenvalue weighted by molar-refractivity contribution is 7.90. The number of aryl methyl sites for hydroxylation is 1. The zero-order valence-electron chi connectivity index (χ0n) is 12.4. The number of anilines is 1. The van der Waals surface area contributed by atoms with E-state index in [1.54, 1.807) is 12.1 Å². The van der Waals surface area contributed by atoms with Crippen LogP contribution < -0.4 is 9.44 Å². The molecular formula is C15H22N2O3S. The molecule has 0 aliphatic rings. The molecule has 0 spiro atoms. The van der Waals surface area contributed by atoms with Crippen molar-refractivity contribution < 1.29 is 13.5 Å². The van der Waals surface area contributed by atoms with E-state index in [1.165, 1.54) is 0 Å². The highest BCUT2D eigenvalue weighted by Gasteiger charge is 2.11. The smallest absolute Gasteiger partial charge is 0.299 e. The van der Waals surface area contributed by atoms with Gasteiger partial charge in [-0.15, -0.1) is 0 Å². The molecule has 5 nitrogen and oxygen atoms in total. The summed E-state index contributed by atoms with van der Waals surface area (Å²) < 4.78 is 28.7. The molecule has 0 atom stereocenters. The van der Waals surface area contributed by atoms with Crippen molar-refractivity contribution in [2.75, 3.05) is 17.9 Å².